The molecule has 0 unspecified atom stereocenters. The zero-order chi connectivity index (χ0) is 31.3. The highest BCUT2D eigenvalue weighted by atomic mass is 15.3. The Morgan fingerprint density at radius 3 is 1.67 bits per heavy atom. The number of amidine groups is 2. The Kier molecular flexibility index (Phi) is 17.2. The average molecular weight is 580 g/mol. The summed E-state index contributed by atoms with van der Waals surface area (Å²) in [6.45, 7) is 21.8. The third kappa shape index (κ3) is 15.9. The van der Waals surface area contributed by atoms with Crippen molar-refractivity contribution in [2.45, 2.75) is 75.4 Å². The molecule has 3 aliphatic rings. The van der Waals surface area contributed by atoms with E-state index < -0.39 is 0 Å². The van der Waals surface area contributed by atoms with Gasteiger partial charge in [0.2, 0.25) is 0 Å². The molecular formula is C27H45N15. The Balaban J connectivity index is 0.000000253. The molecule has 0 fully saturated rings. The summed E-state index contributed by atoms with van der Waals surface area (Å²) in [5, 5.41) is 11.8. The van der Waals surface area contributed by atoms with Crippen molar-refractivity contribution in [2.75, 3.05) is 19.6 Å². The summed E-state index contributed by atoms with van der Waals surface area (Å²) < 4.78 is 5.37. The van der Waals surface area contributed by atoms with E-state index in [2.05, 4.69) is 60.2 Å². The Bertz CT molecular complexity index is 1350. The number of aliphatic imine (C=N–C) groups is 6. The van der Waals surface area contributed by atoms with Crippen LogP contribution in [-0.4, -0.2) is 99.6 Å². The summed E-state index contributed by atoms with van der Waals surface area (Å²) >= 11 is 0. The molecule has 3 aliphatic heterocycles. The van der Waals surface area contributed by atoms with Crippen molar-refractivity contribution in [1.82, 2.24) is 44.3 Å². The first-order valence-corrected chi connectivity index (χ1v) is 13.7. The molecule has 15 heteroatoms. The third-order valence-electron chi connectivity index (χ3n) is 5.27. The zero-order valence-electron chi connectivity index (χ0n) is 26.6. The van der Waals surface area contributed by atoms with Gasteiger partial charge >= 0.3 is 0 Å². The molecule has 0 saturated carbocycles. The van der Waals surface area contributed by atoms with Crippen molar-refractivity contribution in [2.24, 2.45) is 37.0 Å². The van der Waals surface area contributed by atoms with E-state index in [0.29, 0.717) is 0 Å². The molecule has 0 radical (unpaired) electrons. The predicted molar refractivity (Wildman–Crippen MR) is 171 cm³/mol. The van der Waals surface area contributed by atoms with Crippen LogP contribution in [0.2, 0.25) is 0 Å². The second-order valence-corrected chi connectivity index (χ2v) is 8.93. The van der Waals surface area contributed by atoms with Gasteiger partial charge in [-0.25, -0.2) is 29.9 Å². The van der Waals surface area contributed by atoms with Crippen LogP contribution in [0.15, 0.2) is 48.9 Å². The van der Waals surface area contributed by atoms with Crippen molar-refractivity contribution >= 4 is 35.6 Å². The van der Waals surface area contributed by atoms with E-state index in [1.165, 1.54) is 6.33 Å². The topological polar surface area (TPSA) is 166 Å². The Morgan fingerprint density at radius 1 is 0.762 bits per heavy atom. The smallest absolute Gasteiger partial charge is 0.147 e. The summed E-state index contributed by atoms with van der Waals surface area (Å²) in [6, 6.07) is 0. The number of aromatic nitrogens is 9. The summed E-state index contributed by atoms with van der Waals surface area (Å²) in [5.74, 6) is 4.58. The molecule has 6 rings (SSSR count). The maximum Gasteiger partial charge on any atom is 0.147 e. The second kappa shape index (κ2) is 20.3. The lowest BCUT2D eigenvalue weighted by Crippen LogP contribution is -1.97. The molecule has 6 heterocycles. The molecule has 42 heavy (non-hydrogen) atoms. The fourth-order valence-corrected chi connectivity index (χ4v) is 2.84. The van der Waals surface area contributed by atoms with Gasteiger partial charge in [-0.15, -0.1) is 0 Å². The first-order valence-electron chi connectivity index (χ1n) is 13.7. The van der Waals surface area contributed by atoms with Gasteiger partial charge in [0.15, 0.2) is 0 Å². The molecule has 0 atom stereocenters. The Morgan fingerprint density at radius 2 is 1.48 bits per heavy atom. The fourth-order valence-electron chi connectivity index (χ4n) is 2.84. The minimum Gasteiger partial charge on any atom is -0.267 e. The highest BCUT2D eigenvalue weighted by molar-refractivity contribution is 6.01. The van der Waals surface area contributed by atoms with E-state index in [-0.39, 0.29) is 0 Å². The standard InChI is InChI=1S/2C5H9N3.C5H8N2.C4H7N3.2C4H6N2/c1-3-8-4-6-5(2)7-8;1-3-8-5(2)6-4-7-8;1-4-3-6-5(2)7-4;1-4-5-3-6-7(4)2;1-4-2-5-3-6-4;1-4-5-2-3-6-4/h2*4H,3H2,1-2H3;3H2,1-2H3;3H,1-2H3;3H,2H2,1H3;2H,3H2,1H3. The Labute approximate surface area is 248 Å². The molecular weight excluding hydrogens is 534 g/mol. The van der Waals surface area contributed by atoms with Crippen LogP contribution >= 0.6 is 0 Å². The number of hydrogen-bond donors (Lipinski definition) is 0. The predicted octanol–water partition coefficient (Wildman–Crippen LogP) is 3.19. The molecule has 3 aromatic heterocycles. The second-order valence-electron chi connectivity index (χ2n) is 8.93. The number of rotatable bonds is 2. The summed E-state index contributed by atoms with van der Waals surface area (Å²) in [5.41, 5.74) is 2.23. The van der Waals surface area contributed by atoms with E-state index in [1.807, 2.05) is 74.0 Å². The number of nitrogens with zero attached hydrogens (tertiary/aromatic N) is 15. The molecule has 15 nitrogen and oxygen atoms in total. The molecule has 0 aliphatic carbocycles. The highest BCUT2D eigenvalue weighted by Crippen LogP contribution is 1.92. The lowest BCUT2D eigenvalue weighted by atomic mass is 10.4. The van der Waals surface area contributed by atoms with Gasteiger partial charge in [-0.2, -0.15) is 15.3 Å². The van der Waals surface area contributed by atoms with Gasteiger partial charge < -0.3 is 0 Å². The fraction of sp³-hybridized carbons (Fsp3) is 0.556. The highest BCUT2D eigenvalue weighted by Gasteiger charge is 1.97. The minimum atomic E-state index is 0.784. The molecule has 3 aromatic rings. The van der Waals surface area contributed by atoms with Crippen molar-refractivity contribution < 1.29 is 0 Å². The molecule has 0 N–H and O–H groups in total. The SMILES string of the molecule is CC1=NC(C)=NC1.CC1=NC=NC1.CC1=NCC=N1.CCn1cnc(C)n1.CCn1ncnc1C.Cc1ncnn1C. The zero-order valence-corrected chi connectivity index (χ0v) is 26.6. The lowest BCUT2D eigenvalue weighted by molar-refractivity contribution is 0.635. The first kappa shape index (κ1) is 35.5. The van der Waals surface area contributed by atoms with Crippen molar-refractivity contribution in [3.63, 3.8) is 0 Å². The van der Waals surface area contributed by atoms with Crippen LogP contribution in [0.3, 0.4) is 0 Å². The number of hydrogen-bond acceptors (Lipinski definition) is 12. The molecule has 0 aromatic carbocycles. The van der Waals surface area contributed by atoms with E-state index in [1.54, 1.807) is 34.6 Å². The summed E-state index contributed by atoms with van der Waals surface area (Å²) in [7, 11) is 1.86. The summed E-state index contributed by atoms with van der Waals surface area (Å²) in [6.07, 6.45) is 8.23. The van der Waals surface area contributed by atoms with Gasteiger partial charge in [-0.3, -0.25) is 29.0 Å². The third-order valence-corrected chi connectivity index (χ3v) is 5.27. The van der Waals surface area contributed by atoms with E-state index in [4.69, 9.17) is 0 Å². The van der Waals surface area contributed by atoms with Crippen molar-refractivity contribution in [3.8, 4) is 0 Å². The van der Waals surface area contributed by atoms with Crippen LogP contribution in [0.1, 0.15) is 59.0 Å². The van der Waals surface area contributed by atoms with Gasteiger partial charge in [-0.1, -0.05) is 0 Å². The molecule has 0 saturated heterocycles. The average Bonchev–Trinajstić information content (AvgIpc) is 3.81. The normalized spacial score (nSPS) is 13.8. The van der Waals surface area contributed by atoms with Crippen LogP contribution in [-0.2, 0) is 20.1 Å². The van der Waals surface area contributed by atoms with Crippen molar-refractivity contribution in [3.05, 3.63) is 36.5 Å². The van der Waals surface area contributed by atoms with Crippen LogP contribution in [0.4, 0.5) is 0 Å². The van der Waals surface area contributed by atoms with Gasteiger partial charge in [0.1, 0.15) is 54.5 Å². The van der Waals surface area contributed by atoms with E-state index >= 15 is 0 Å². The molecule has 0 spiro atoms. The van der Waals surface area contributed by atoms with Crippen LogP contribution in [0.25, 0.3) is 0 Å². The monoisotopic (exact) mass is 579 g/mol. The minimum absolute atomic E-state index is 0.784. The molecule has 228 valence electrons. The van der Waals surface area contributed by atoms with Crippen molar-refractivity contribution in [1.29, 1.82) is 0 Å². The lowest BCUT2D eigenvalue weighted by Gasteiger charge is -1.92. The van der Waals surface area contributed by atoms with Crippen LogP contribution in [0.5, 0.6) is 0 Å². The quantitative estimate of drug-likeness (QED) is 0.452. The maximum absolute atomic E-state index is 4.06. The molecule has 0 amide bonds. The maximum atomic E-state index is 4.06. The van der Waals surface area contributed by atoms with Gasteiger partial charge in [0, 0.05) is 37.8 Å². The molecule has 0 bridgehead atoms. The van der Waals surface area contributed by atoms with Gasteiger partial charge in [-0.05, 0) is 62.3 Å². The van der Waals surface area contributed by atoms with Crippen LogP contribution in [0, 0.1) is 20.8 Å². The summed E-state index contributed by atoms with van der Waals surface area (Å²) in [4.78, 5) is 35.3. The first-order chi connectivity index (χ1) is 20.0. The number of aryl methyl sites for hydroxylation is 6. The van der Waals surface area contributed by atoms with E-state index in [0.717, 1.165) is 73.3 Å². The largest absolute Gasteiger partial charge is 0.267 e. The Hall–Kier alpha value is -4.56. The van der Waals surface area contributed by atoms with E-state index in [9.17, 15) is 0 Å². The van der Waals surface area contributed by atoms with Gasteiger partial charge in [0.25, 0.3) is 0 Å². The van der Waals surface area contributed by atoms with Crippen LogP contribution < -0.4 is 0 Å². The van der Waals surface area contributed by atoms with Gasteiger partial charge in [0.05, 0.1) is 19.6 Å².